The molecular formula is C6H13N3O4S. The van der Waals surface area contributed by atoms with Gasteiger partial charge < -0.3 is 10.6 Å². The predicted octanol–water partition coefficient (Wildman–Crippen LogP) is -2.47. The van der Waals surface area contributed by atoms with Crippen LogP contribution in [0, 0.1) is 0 Å². The number of carbonyl (C=O) groups is 2. The van der Waals surface area contributed by atoms with Gasteiger partial charge in [0.2, 0.25) is 21.8 Å². The van der Waals surface area contributed by atoms with Gasteiger partial charge in [-0.25, -0.2) is 13.6 Å². The Hall–Kier alpha value is -1.15. The van der Waals surface area contributed by atoms with E-state index in [0.29, 0.717) is 0 Å². The molecule has 0 aliphatic rings. The van der Waals surface area contributed by atoms with E-state index in [0.717, 1.165) is 0 Å². The normalized spacial score (nSPS) is 10.7. The molecule has 0 saturated carbocycles. The zero-order chi connectivity index (χ0) is 11.2. The van der Waals surface area contributed by atoms with Crippen LogP contribution in [0.3, 0.4) is 0 Å². The molecule has 0 heterocycles. The van der Waals surface area contributed by atoms with E-state index in [2.05, 4.69) is 10.6 Å². The molecule has 0 spiro atoms. The zero-order valence-corrected chi connectivity index (χ0v) is 8.56. The number of amides is 2. The number of nitrogens with two attached hydrogens (primary N) is 1. The van der Waals surface area contributed by atoms with Crippen LogP contribution in [0.1, 0.15) is 6.92 Å². The fourth-order valence-corrected chi connectivity index (χ4v) is 0.987. The van der Waals surface area contributed by atoms with Gasteiger partial charge in [0.15, 0.2) is 0 Å². The summed E-state index contributed by atoms with van der Waals surface area (Å²) in [5, 5.41) is 9.24. The van der Waals surface area contributed by atoms with E-state index in [1.54, 1.807) is 0 Å². The zero-order valence-electron chi connectivity index (χ0n) is 7.74. The number of primary sulfonamides is 1. The molecule has 0 bridgehead atoms. The number of hydrogen-bond acceptors (Lipinski definition) is 4. The lowest BCUT2D eigenvalue weighted by atomic mass is 10.5. The first-order valence-electron chi connectivity index (χ1n) is 3.83. The summed E-state index contributed by atoms with van der Waals surface area (Å²) >= 11 is 0. The molecule has 8 heteroatoms. The Balaban J connectivity index is 3.60. The molecule has 7 nitrogen and oxygen atoms in total. The van der Waals surface area contributed by atoms with Gasteiger partial charge in [-0.2, -0.15) is 0 Å². The monoisotopic (exact) mass is 223 g/mol. The van der Waals surface area contributed by atoms with Crippen molar-refractivity contribution in [3.05, 3.63) is 0 Å². The Bertz CT molecular complexity index is 311. The van der Waals surface area contributed by atoms with E-state index >= 15 is 0 Å². The minimum Gasteiger partial charge on any atom is -0.353 e. The second-order valence-electron chi connectivity index (χ2n) is 2.63. The second-order valence-corrected chi connectivity index (χ2v) is 4.36. The molecule has 0 atom stereocenters. The average molecular weight is 223 g/mol. The molecule has 0 aromatic carbocycles. The third-order valence-electron chi connectivity index (χ3n) is 1.21. The maximum Gasteiger partial charge on any atom is 0.239 e. The van der Waals surface area contributed by atoms with Crippen LogP contribution < -0.4 is 15.8 Å². The SMILES string of the molecule is CC(=O)NCC(=O)NCCS(N)(=O)=O. The van der Waals surface area contributed by atoms with Crippen LogP contribution in [0.15, 0.2) is 0 Å². The van der Waals surface area contributed by atoms with Crippen molar-refractivity contribution in [1.29, 1.82) is 0 Å². The Morgan fingerprint density at radius 1 is 1.29 bits per heavy atom. The summed E-state index contributed by atoms with van der Waals surface area (Å²) in [6.45, 7) is 1.05. The fourth-order valence-electron chi connectivity index (χ4n) is 0.600. The molecule has 0 saturated heterocycles. The van der Waals surface area contributed by atoms with Crippen LogP contribution in [-0.2, 0) is 19.6 Å². The Morgan fingerprint density at radius 2 is 1.86 bits per heavy atom. The molecule has 0 aliphatic carbocycles. The number of nitrogens with one attached hydrogen (secondary N) is 2. The van der Waals surface area contributed by atoms with Crippen LogP contribution in [0.2, 0.25) is 0 Å². The first-order valence-corrected chi connectivity index (χ1v) is 5.54. The summed E-state index contributed by atoms with van der Waals surface area (Å²) in [5.74, 6) is -1.10. The highest BCUT2D eigenvalue weighted by molar-refractivity contribution is 7.89. The summed E-state index contributed by atoms with van der Waals surface area (Å²) in [6, 6.07) is 0. The Morgan fingerprint density at radius 3 is 2.29 bits per heavy atom. The van der Waals surface area contributed by atoms with Crippen LogP contribution in [0.5, 0.6) is 0 Å². The van der Waals surface area contributed by atoms with Gasteiger partial charge in [-0.15, -0.1) is 0 Å². The molecule has 82 valence electrons. The number of carbonyl (C=O) groups excluding carboxylic acids is 2. The van der Waals surface area contributed by atoms with Crippen molar-refractivity contribution >= 4 is 21.8 Å². The lowest BCUT2D eigenvalue weighted by Gasteiger charge is -2.04. The van der Waals surface area contributed by atoms with Crippen molar-refractivity contribution in [2.24, 2.45) is 5.14 Å². The minimum atomic E-state index is -3.55. The molecule has 0 radical (unpaired) electrons. The molecule has 0 fully saturated rings. The van der Waals surface area contributed by atoms with Crippen molar-refractivity contribution in [2.45, 2.75) is 6.92 Å². The highest BCUT2D eigenvalue weighted by atomic mass is 32.2. The molecule has 14 heavy (non-hydrogen) atoms. The molecule has 2 amide bonds. The van der Waals surface area contributed by atoms with Crippen LogP contribution in [-0.4, -0.2) is 39.1 Å². The predicted molar refractivity (Wildman–Crippen MR) is 49.7 cm³/mol. The van der Waals surface area contributed by atoms with Crippen LogP contribution >= 0.6 is 0 Å². The summed E-state index contributed by atoms with van der Waals surface area (Å²) in [4.78, 5) is 21.2. The Kier molecular flexibility index (Phi) is 5.10. The van der Waals surface area contributed by atoms with Gasteiger partial charge in [-0.1, -0.05) is 0 Å². The summed E-state index contributed by atoms with van der Waals surface area (Å²) in [7, 11) is -3.55. The fraction of sp³-hybridized carbons (Fsp3) is 0.667. The van der Waals surface area contributed by atoms with E-state index in [1.807, 2.05) is 0 Å². The topological polar surface area (TPSA) is 118 Å². The quantitative estimate of drug-likeness (QED) is 0.478. The van der Waals surface area contributed by atoms with Crippen molar-refractivity contribution in [1.82, 2.24) is 10.6 Å². The van der Waals surface area contributed by atoms with Gasteiger partial charge in [-0.3, -0.25) is 9.59 Å². The number of hydrogen-bond donors (Lipinski definition) is 3. The summed E-state index contributed by atoms with van der Waals surface area (Å²) in [5.41, 5.74) is 0. The van der Waals surface area contributed by atoms with Gasteiger partial charge in [0, 0.05) is 13.5 Å². The third kappa shape index (κ3) is 8.94. The second kappa shape index (κ2) is 5.55. The molecule has 0 rings (SSSR count). The van der Waals surface area contributed by atoms with Crippen LogP contribution in [0.4, 0.5) is 0 Å². The first kappa shape index (κ1) is 12.8. The smallest absolute Gasteiger partial charge is 0.239 e. The Labute approximate surface area is 82.1 Å². The highest BCUT2D eigenvalue weighted by Gasteiger charge is 2.05. The van der Waals surface area contributed by atoms with Gasteiger partial charge >= 0.3 is 0 Å². The van der Waals surface area contributed by atoms with Crippen molar-refractivity contribution in [3.8, 4) is 0 Å². The van der Waals surface area contributed by atoms with E-state index in [-0.39, 0.29) is 24.7 Å². The molecule has 4 N–H and O–H groups in total. The van der Waals surface area contributed by atoms with Gasteiger partial charge in [0.1, 0.15) is 0 Å². The van der Waals surface area contributed by atoms with E-state index in [1.165, 1.54) is 6.92 Å². The van der Waals surface area contributed by atoms with Gasteiger partial charge in [-0.05, 0) is 0 Å². The largest absolute Gasteiger partial charge is 0.353 e. The minimum absolute atomic E-state index is 0.0583. The molecule has 0 aliphatic heterocycles. The summed E-state index contributed by atoms with van der Waals surface area (Å²) in [6.07, 6.45) is 0. The first-order chi connectivity index (χ1) is 6.31. The van der Waals surface area contributed by atoms with E-state index in [4.69, 9.17) is 5.14 Å². The average Bonchev–Trinajstić information content (AvgIpc) is 1.98. The molecule has 0 aromatic rings. The van der Waals surface area contributed by atoms with Crippen molar-refractivity contribution in [3.63, 3.8) is 0 Å². The third-order valence-corrected chi connectivity index (χ3v) is 1.98. The lowest BCUT2D eigenvalue weighted by Crippen LogP contribution is -2.38. The van der Waals surface area contributed by atoms with Gasteiger partial charge in [0.05, 0.1) is 12.3 Å². The van der Waals surface area contributed by atoms with Crippen LogP contribution in [0.25, 0.3) is 0 Å². The molecular weight excluding hydrogens is 210 g/mol. The summed E-state index contributed by atoms with van der Waals surface area (Å²) < 4.78 is 20.9. The molecule has 0 unspecified atom stereocenters. The molecule has 0 aromatic heterocycles. The lowest BCUT2D eigenvalue weighted by molar-refractivity contribution is -0.124. The highest BCUT2D eigenvalue weighted by Crippen LogP contribution is 1.74. The van der Waals surface area contributed by atoms with E-state index in [9.17, 15) is 18.0 Å². The standard InChI is InChI=1S/C6H13N3O4S/c1-5(10)9-4-6(11)8-2-3-14(7,12)13/h2-4H2,1H3,(H,8,11)(H,9,10)(H2,7,12,13). The van der Waals surface area contributed by atoms with Crippen molar-refractivity contribution < 1.29 is 18.0 Å². The van der Waals surface area contributed by atoms with Crippen molar-refractivity contribution in [2.75, 3.05) is 18.8 Å². The van der Waals surface area contributed by atoms with E-state index < -0.39 is 15.9 Å². The number of rotatable bonds is 5. The number of sulfonamides is 1. The maximum atomic E-state index is 10.9. The maximum absolute atomic E-state index is 10.9. The van der Waals surface area contributed by atoms with Gasteiger partial charge in [0.25, 0.3) is 0 Å².